The first kappa shape index (κ1) is 20.2. The number of carbonyl (C=O) groups is 3. The second kappa shape index (κ2) is 7.44. The molecule has 2 N–H and O–H groups in total. The molecule has 9 heteroatoms. The summed E-state index contributed by atoms with van der Waals surface area (Å²) in [6.45, 7) is 2.69. The quantitative estimate of drug-likeness (QED) is 0.607. The molecule has 2 aromatic heterocycles. The predicted octanol–water partition coefficient (Wildman–Crippen LogP) is 2.30. The summed E-state index contributed by atoms with van der Waals surface area (Å²) in [4.78, 5) is 58.0. The number of pyridine rings is 1. The monoisotopic (exact) mass is 434 g/mol. The molecule has 2 aliphatic heterocycles. The number of nitrogens with one attached hydrogen (secondary N) is 2. The molecule has 3 aromatic rings. The van der Waals surface area contributed by atoms with E-state index in [1.807, 2.05) is 12.1 Å². The summed E-state index contributed by atoms with van der Waals surface area (Å²) in [6, 6.07) is 6.96. The number of hydrogen-bond donors (Lipinski definition) is 2. The van der Waals surface area contributed by atoms with Crippen molar-refractivity contribution in [3.8, 4) is 0 Å². The molecule has 0 bridgehead atoms. The Balaban J connectivity index is 1.22. The van der Waals surface area contributed by atoms with Crippen molar-refractivity contribution in [2.24, 2.45) is 0 Å². The van der Waals surface area contributed by atoms with Gasteiger partial charge in [-0.3, -0.25) is 19.4 Å². The summed E-state index contributed by atoms with van der Waals surface area (Å²) in [6.07, 6.45) is 2.85. The van der Waals surface area contributed by atoms with Crippen LogP contribution in [-0.4, -0.2) is 45.6 Å². The van der Waals surface area contributed by atoms with Crippen LogP contribution in [0, 0.1) is 6.92 Å². The number of benzene rings is 1. The fourth-order valence-electron chi connectivity index (χ4n) is 4.78. The van der Waals surface area contributed by atoms with Crippen LogP contribution in [0.3, 0.4) is 0 Å². The Labute approximate surface area is 182 Å². The maximum absolute atomic E-state index is 12.7. The molecule has 32 heavy (non-hydrogen) atoms. The number of anilines is 1. The van der Waals surface area contributed by atoms with E-state index in [2.05, 4.69) is 15.3 Å². The third-order valence-corrected chi connectivity index (χ3v) is 6.58. The maximum atomic E-state index is 12.7. The summed E-state index contributed by atoms with van der Waals surface area (Å²) in [7, 11) is 0. The Morgan fingerprint density at radius 2 is 1.97 bits per heavy atom. The molecule has 0 saturated carbocycles. The van der Waals surface area contributed by atoms with Crippen LogP contribution in [0.25, 0.3) is 11.1 Å². The van der Waals surface area contributed by atoms with Gasteiger partial charge in [-0.1, -0.05) is 6.07 Å². The first-order valence-electron chi connectivity index (χ1n) is 10.6. The molecule has 5 rings (SSSR count). The lowest BCUT2D eigenvalue weighted by Crippen LogP contribution is -2.48. The van der Waals surface area contributed by atoms with Crippen LogP contribution < -0.4 is 11.1 Å². The Morgan fingerprint density at radius 3 is 2.75 bits per heavy atom. The standard InChI is InChI=1S/C23H22N4O5/c1-13-11-14(12-17-19(13)25-22(31)32-17)16(28)4-5-18(29)27-9-6-23(7-10-27)15-3-2-8-24-20(15)26-21(23)30/h2-3,8,11-12H,4-7,9-10H2,1H3,(H,25,31)(H,24,26,30). The Bertz CT molecular complexity index is 1310. The van der Waals surface area contributed by atoms with E-state index in [0.29, 0.717) is 48.4 Å². The van der Waals surface area contributed by atoms with Crippen molar-refractivity contribution < 1.29 is 18.8 Å². The number of aryl methyl sites for hydroxylation is 1. The van der Waals surface area contributed by atoms with Gasteiger partial charge in [0.15, 0.2) is 11.4 Å². The molecular weight excluding hydrogens is 412 g/mol. The van der Waals surface area contributed by atoms with Gasteiger partial charge in [-0.25, -0.2) is 9.78 Å². The van der Waals surface area contributed by atoms with Crippen molar-refractivity contribution in [2.45, 2.75) is 38.0 Å². The molecule has 1 aromatic carbocycles. The van der Waals surface area contributed by atoms with E-state index in [1.165, 1.54) is 6.07 Å². The van der Waals surface area contributed by atoms with E-state index in [4.69, 9.17) is 4.42 Å². The number of likely N-dealkylation sites (tertiary alicyclic amines) is 1. The number of carbonyl (C=O) groups excluding carboxylic acids is 3. The van der Waals surface area contributed by atoms with Gasteiger partial charge in [0.25, 0.3) is 0 Å². The summed E-state index contributed by atoms with van der Waals surface area (Å²) in [5.41, 5.74) is 2.30. The minimum absolute atomic E-state index is 0.0596. The van der Waals surface area contributed by atoms with Crippen LogP contribution >= 0.6 is 0 Å². The van der Waals surface area contributed by atoms with Gasteiger partial charge >= 0.3 is 5.76 Å². The minimum Gasteiger partial charge on any atom is -0.408 e. The van der Waals surface area contributed by atoms with Crippen molar-refractivity contribution in [1.29, 1.82) is 0 Å². The number of piperidine rings is 1. The average Bonchev–Trinajstić information content (AvgIpc) is 3.30. The highest BCUT2D eigenvalue weighted by molar-refractivity contribution is 6.05. The molecule has 9 nitrogen and oxygen atoms in total. The number of rotatable bonds is 4. The number of ketones is 1. The highest BCUT2D eigenvalue weighted by Gasteiger charge is 2.49. The lowest BCUT2D eigenvalue weighted by molar-refractivity contribution is -0.135. The molecule has 1 saturated heterocycles. The van der Waals surface area contributed by atoms with E-state index >= 15 is 0 Å². The van der Waals surface area contributed by atoms with Crippen LogP contribution in [0.4, 0.5) is 5.82 Å². The number of nitrogens with zero attached hydrogens (tertiary/aromatic N) is 2. The third kappa shape index (κ3) is 3.21. The Hall–Kier alpha value is -3.75. The topological polar surface area (TPSA) is 125 Å². The van der Waals surface area contributed by atoms with Crippen LogP contribution in [0.2, 0.25) is 0 Å². The van der Waals surface area contributed by atoms with Gasteiger partial charge in [0.2, 0.25) is 11.8 Å². The lowest BCUT2D eigenvalue weighted by atomic mass is 9.74. The SMILES string of the molecule is Cc1cc(C(=O)CCC(=O)N2CCC3(CC2)C(=O)Nc2ncccc23)cc2oc(=O)[nH]c12. The summed E-state index contributed by atoms with van der Waals surface area (Å²) < 4.78 is 5.06. The van der Waals surface area contributed by atoms with Gasteiger partial charge in [-0.2, -0.15) is 0 Å². The molecule has 0 atom stereocenters. The van der Waals surface area contributed by atoms with Crippen molar-refractivity contribution in [2.75, 3.05) is 18.4 Å². The maximum Gasteiger partial charge on any atom is 0.417 e. The fraction of sp³-hybridized carbons (Fsp3) is 0.348. The normalized spacial score (nSPS) is 16.9. The van der Waals surface area contributed by atoms with E-state index in [1.54, 1.807) is 24.1 Å². The third-order valence-electron chi connectivity index (χ3n) is 6.58. The molecule has 164 valence electrons. The Kier molecular flexibility index (Phi) is 4.69. The molecule has 4 heterocycles. The van der Waals surface area contributed by atoms with Crippen molar-refractivity contribution in [3.05, 3.63) is 57.7 Å². The van der Waals surface area contributed by atoms with Crippen LogP contribution in [0.5, 0.6) is 0 Å². The van der Waals surface area contributed by atoms with Crippen molar-refractivity contribution in [3.63, 3.8) is 0 Å². The van der Waals surface area contributed by atoms with E-state index in [0.717, 1.165) is 11.1 Å². The molecule has 0 radical (unpaired) electrons. The number of H-pyrrole nitrogens is 1. The molecule has 1 spiro atoms. The molecular formula is C23H22N4O5. The number of aromatic amines is 1. The fourth-order valence-corrected chi connectivity index (χ4v) is 4.78. The number of oxazole rings is 1. The van der Waals surface area contributed by atoms with Gasteiger partial charge in [0.1, 0.15) is 5.82 Å². The largest absolute Gasteiger partial charge is 0.417 e. The van der Waals surface area contributed by atoms with Crippen LogP contribution in [0.1, 0.15) is 47.2 Å². The number of hydrogen-bond acceptors (Lipinski definition) is 6. The molecule has 2 amide bonds. The van der Waals surface area contributed by atoms with E-state index < -0.39 is 11.2 Å². The van der Waals surface area contributed by atoms with Crippen LogP contribution in [-0.2, 0) is 15.0 Å². The molecule has 0 aliphatic carbocycles. The second-order valence-corrected chi connectivity index (χ2v) is 8.42. The number of amides is 2. The highest BCUT2D eigenvalue weighted by atomic mass is 16.4. The lowest BCUT2D eigenvalue weighted by Gasteiger charge is -2.37. The zero-order chi connectivity index (χ0) is 22.5. The highest BCUT2D eigenvalue weighted by Crippen LogP contribution is 2.43. The summed E-state index contributed by atoms with van der Waals surface area (Å²) in [5, 5.41) is 2.85. The molecule has 1 fully saturated rings. The molecule has 0 unspecified atom stereocenters. The zero-order valence-corrected chi connectivity index (χ0v) is 17.6. The molecule has 2 aliphatic rings. The number of Topliss-reactive ketones (excluding diaryl/α,β-unsaturated/α-hetero) is 1. The van der Waals surface area contributed by atoms with Gasteiger partial charge in [0, 0.05) is 43.3 Å². The minimum atomic E-state index is -0.635. The summed E-state index contributed by atoms with van der Waals surface area (Å²) in [5.74, 6) is -0.316. The van der Waals surface area contributed by atoms with E-state index in [9.17, 15) is 19.2 Å². The smallest absolute Gasteiger partial charge is 0.408 e. The van der Waals surface area contributed by atoms with Gasteiger partial charge in [-0.05, 0) is 43.5 Å². The van der Waals surface area contributed by atoms with Crippen molar-refractivity contribution >= 4 is 34.5 Å². The van der Waals surface area contributed by atoms with Crippen LogP contribution in [0.15, 0.2) is 39.7 Å². The van der Waals surface area contributed by atoms with Gasteiger partial charge < -0.3 is 14.6 Å². The second-order valence-electron chi connectivity index (χ2n) is 8.42. The number of fused-ring (bicyclic) bond motifs is 3. The Morgan fingerprint density at radius 1 is 1.19 bits per heavy atom. The van der Waals surface area contributed by atoms with Gasteiger partial charge in [-0.15, -0.1) is 0 Å². The first-order chi connectivity index (χ1) is 15.4. The first-order valence-corrected chi connectivity index (χ1v) is 10.6. The number of aromatic nitrogens is 2. The summed E-state index contributed by atoms with van der Waals surface area (Å²) >= 11 is 0. The van der Waals surface area contributed by atoms with E-state index in [-0.39, 0.29) is 30.4 Å². The predicted molar refractivity (Wildman–Crippen MR) is 115 cm³/mol. The average molecular weight is 434 g/mol. The zero-order valence-electron chi connectivity index (χ0n) is 17.6. The van der Waals surface area contributed by atoms with Crippen molar-refractivity contribution in [1.82, 2.24) is 14.9 Å². The van der Waals surface area contributed by atoms with Gasteiger partial charge in [0.05, 0.1) is 10.9 Å².